The molecule has 0 atom stereocenters. The first-order valence-corrected chi connectivity index (χ1v) is 9.42. The lowest BCUT2D eigenvalue weighted by atomic mass is 10.2. The number of aromatic nitrogens is 2. The smallest absolute Gasteiger partial charge is 0.387 e. The SMILES string of the molecule is CCOc1nc(N(Cc2cncs2)c2ccc(C(=O)O)cc2)ccc1OC(F)F. The Morgan fingerprint density at radius 3 is 2.59 bits per heavy atom. The number of pyridine rings is 1. The van der Waals surface area contributed by atoms with Crippen molar-refractivity contribution in [3.63, 3.8) is 0 Å². The lowest BCUT2D eigenvalue weighted by Crippen LogP contribution is -2.18. The van der Waals surface area contributed by atoms with E-state index >= 15 is 0 Å². The van der Waals surface area contributed by atoms with E-state index < -0.39 is 12.6 Å². The van der Waals surface area contributed by atoms with E-state index in [-0.39, 0.29) is 23.8 Å². The van der Waals surface area contributed by atoms with Crippen LogP contribution >= 0.6 is 11.3 Å². The van der Waals surface area contributed by atoms with Crippen molar-refractivity contribution in [2.24, 2.45) is 0 Å². The summed E-state index contributed by atoms with van der Waals surface area (Å²) in [7, 11) is 0. The fourth-order valence-electron chi connectivity index (χ4n) is 2.56. The van der Waals surface area contributed by atoms with Gasteiger partial charge in [0.2, 0.25) is 0 Å². The molecular weight excluding hydrogens is 404 g/mol. The molecule has 1 N–H and O–H groups in total. The number of benzene rings is 1. The molecule has 3 aromatic rings. The summed E-state index contributed by atoms with van der Waals surface area (Å²) in [5.74, 6) is -0.825. The first-order valence-electron chi connectivity index (χ1n) is 8.55. The second kappa shape index (κ2) is 9.28. The molecule has 0 radical (unpaired) electrons. The summed E-state index contributed by atoms with van der Waals surface area (Å²) in [6.45, 7) is -0.679. The minimum atomic E-state index is -3.00. The van der Waals surface area contributed by atoms with E-state index in [4.69, 9.17) is 9.84 Å². The van der Waals surface area contributed by atoms with Crippen molar-refractivity contribution in [2.75, 3.05) is 11.5 Å². The Bertz CT molecular complexity index is 953. The number of thiazole rings is 1. The van der Waals surface area contributed by atoms with Gasteiger partial charge in [0.15, 0.2) is 5.75 Å². The molecule has 29 heavy (non-hydrogen) atoms. The Morgan fingerprint density at radius 1 is 1.24 bits per heavy atom. The number of nitrogens with zero attached hydrogens (tertiary/aromatic N) is 3. The Kier molecular flexibility index (Phi) is 6.55. The van der Waals surface area contributed by atoms with Crippen LogP contribution in [-0.4, -0.2) is 34.3 Å². The van der Waals surface area contributed by atoms with Gasteiger partial charge < -0.3 is 19.5 Å². The van der Waals surface area contributed by atoms with Crippen molar-refractivity contribution in [2.45, 2.75) is 20.1 Å². The average Bonchev–Trinajstić information content (AvgIpc) is 3.21. The van der Waals surface area contributed by atoms with E-state index in [0.717, 1.165) is 4.88 Å². The maximum Gasteiger partial charge on any atom is 0.387 e. The van der Waals surface area contributed by atoms with Gasteiger partial charge in [0.25, 0.3) is 5.88 Å². The number of alkyl halides is 2. The molecule has 152 valence electrons. The van der Waals surface area contributed by atoms with E-state index in [9.17, 15) is 13.6 Å². The van der Waals surface area contributed by atoms with Crippen LogP contribution in [0.1, 0.15) is 22.2 Å². The van der Waals surface area contributed by atoms with Gasteiger partial charge in [-0.15, -0.1) is 11.3 Å². The zero-order chi connectivity index (χ0) is 20.8. The van der Waals surface area contributed by atoms with E-state index in [1.165, 1.54) is 35.6 Å². The molecule has 0 amide bonds. The zero-order valence-corrected chi connectivity index (χ0v) is 16.1. The van der Waals surface area contributed by atoms with E-state index in [1.807, 2.05) is 0 Å². The number of carboxylic acid groups (broad SMARTS) is 1. The molecule has 1 aromatic carbocycles. The minimum absolute atomic E-state index is 0.0539. The third-order valence-corrected chi connectivity index (χ3v) is 4.57. The van der Waals surface area contributed by atoms with Crippen LogP contribution in [-0.2, 0) is 6.54 Å². The largest absolute Gasteiger partial charge is 0.478 e. The van der Waals surface area contributed by atoms with E-state index in [2.05, 4.69) is 14.7 Å². The van der Waals surface area contributed by atoms with Crippen LogP contribution in [0.4, 0.5) is 20.3 Å². The number of hydrogen-bond acceptors (Lipinski definition) is 7. The predicted octanol–water partition coefficient (Wildman–Crippen LogP) is 4.57. The van der Waals surface area contributed by atoms with Crippen LogP contribution < -0.4 is 14.4 Å². The standard InChI is InChI=1S/C19H17F2N3O4S/c1-2-27-17-15(28-19(20)21)7-8-16(23-17)24(10-14-9-22-11-29-14)13-5-3-12(4-6-13)18(25)26/h3-9,11,19H,2,10H2,1H3,(H,25,26). The summed E-state index contributed by atoms with van der Waals surface area (Å²) in [4.78, 5) is 22.3. The maximum absolute atomic E-state index is 12.7. The van der Waals surface area contributed by atoms with Gasteiger partial charge in [0.1, 0.15) is 5.82 Å². The Balaban J connectivity index is 2.00. The first-order chi connectivity index (χ1) is 14.0. The molecule has 3 rings (SSSR count). The van der Waals surface area contributed by atoms with Gasteiger partial charge in [-0.1, -0.05) is 0 Å². The summed E-state index contributed by atoms with van der Waals surface area (Å²) < 4.78 is 35.1. The Labute approximate surface area is 169 Å². The lowest BCUT2D eigenvalue weighted by molar-refractivity contribution is -0.0518. The van der Waals surface area contributed by atoms with Crippen LogP contribution in [0.25, 0.3) is 0 Å². The van der Waals surface area contributed by atoms with Crippen LogP contribution in [0.15, 0.2) is 48.1 Å². The predicted molar refractivity (Wildman–Crippen MR) is 103 cm³/mol. The molecule has 0 aliphatic rings. The number of hydrogen-bond donors (Lipinski definition) is 1. The molecule has 0 fully saturated rings. The van der Waals surface area contributed by atoms with Crippen molar-refractivity contribution < 1.29 is 28.2 Å². The van der Waals surface area contributed by atoms with Gasteiger partial charge in [-0.05, 0) is 43.3 Å². The van der Waals surface area contributed by atoms with Gasteiger partial charge >= 0.3 is 12.6 Å². The van der Waals surface area contributed by atoms with Crippen LogP contribution in [0.5, 0.6) is 11.6 Å². The molecule has 0 aliphatic heterocycles. The summed E-state index contributed by atoms with van der Waals surface area (Å²) in [6, 6.07) is 9.16. The van der Waals surface area contributed by atoms with Gasteiger partial charge in [-0.3, -0.25) is 4.98 Å². The summed E-state index contributed by atoms with van der Waals surface area (Å²) in [5.41, 5.74) is 2.51. The topological polar surface area (TPSA) is 84.8 Å². The molecule has 2 aromatic heterocycles. The maximum atomic E-state index is 12.7. The Hall–Kier alpha value is -3.27. The molecule has 0 saturated heterocycles. The van der Waals surface area contributed by atoms with E-state index in [0.29, 0.717) is 18.1 Å². The van der Waals surface area contributed by atoms with Crippen molar-refractivity contribution in [1.29, 1.82) is 0 Å². The Morgan fingerprint density at radius 2 is 2.00 bits per heavy atom. The second-order valence-corrected chi connectivity index (χ2v) is 6.66. The monoisotopic (exact) mass is 421 g/mol. The molecule has 0 bridgehead atoms. The summed E-state index contributed by atoms with van der Waals surface area (Å²) in [6.07, 6.45) is 1.71. The number of carboxylic acids is 1. The molecular formula is C19H17F2N3O4S. The molecule has 2 heterocycles. The van der Waals surface area contributed by atoms with Crippen LogP contribution in [0.2, 0.25) is 0 Å². The zero-order valence-electron chi connectivity index (χ0n) is 15.3. The van der Waals surface area contributed by atoms with E-state index in [1.54, 1.807) is 35.7 Å². The molecule has 0 unspecified atom stereocenters. The summed E-state index contributed by atoms with van der Waals surface area (Å²) >= 11 is 1.44. The van der Waals surface area contributed by atoms with Crippen LogP contribution in [0, 0.1) is 0 Å². The molecule has 7 nitrogen and oxygen atoms in total. The van der Waals surface area contributed by atoms with Crippen molar-refractivity contribution in [3.8, 4) is 11.6 Å². The number of carbonyl (C=O) groups is 1. The minimum Gasteiger partial charge on any atom is -0.478 e. The lowest BCUT2D eigenvalue weighted by Gasteiger charge is -2.24. The fourth-order valence-corrected chi connectivity index (χ4v) is 3.14. The average molecular weight is 421 g/mol. The number of ether oxygens (including phenoxy) is 2. The molecule has 0 aliphatic carbocycles. The molecule has 0 spiro atoms. The quantitative estimate of drug-likeness (QED) is 0.541. The third-order valence-electron chi connectivity index (χ3n) is 3.81. The fraction of sp³-hybridized carbons (Fsp3) is 0.211. The number of anilines is 2. The first kappa shape index (κ1) is 20.5. The molecule has 0 saturated carbocycles. The second-order valence-electron chi connectivity index (χ2n) is 5.69. The highest BCUT2D eigenvalue weighted by molar-refractivity contribution is 7.09. The third kappa shape index (κ3) is 5.17. The number of aromatic carboxylic acids is 1. The van der Waals surface area contributed by atoms with Crippen molar-refractivity contribution in [1.82, 2.24) is 9.97 Å². The van der Waals surface area contributed by atoms with Gasteiger partial charge in [-0.2, -0.15) is 13.8 Å². The summed E-state index contributed by atoms with van der Waals surface area (Å²) in [5, 5.41) is 9.11. The highest BCUT2D eigenvalue weighted by Crippen LogP contribution is 2.33. The van der Waals surface area contributed by atoms with Crippen molar-refractivity contribution in [3.05, 3.63) is 58.5 Å². The number of halogens is 2. The molecule has 10 heteroatoms. The van der Waals surface area contributed by atoms with Crippen molar-refractivity contribution >= 4 is 28.8 Å². The van der Waals surface area contributed by atoms with Gasteiger partial charge in [0, 0.05) is 16.8 Å². The normalized spacial score (nSPS) is 10.8. The highest BCUT2D eigenvalue weighted by Gasteiger charge is 2.18. The number of rotatable bonds is 9. The van der Waals surface area contributed by atoms with Gasteiger partial charge in [-0.25, -0.2) is 4.79 Å². The van der Waals surface area contributed by atoms with Crippen LogP contribution in [0.3, 0.4) is 0 Å². The highest BCUT2D eigenvalue weighted by atomic mass is 32.1. The van der Waals surface area contributed by atoms with Gasteiger partial charge in [0.05, 0.1) is 24.2 Å².